The third-order valence-electron chi connectivity index (χ3n) is 6.24. The van der Waals surface area contributed by atoms with E-state index in [1.807, 2.05) is 6.92 Å². The molecule has 5 nitrogen and oxygen atoms in total. The summed E-state index contributed by atoms with van der Waals surface area (Å²) in [4.78, 5) is 21.6. The van der Waals surface area contributed by atoms with Gasteiger partial charge in [0.15, 0.2) is 0 Å². The lowest BCUT2D eigenvalue weighted by Crippen LogP contribution is -2.46. The molecular weight excluding hydrogens is 398 g/mol. The Morgan fingerprint density at radius 2 is 1.75 bits per heavy atom. The first-order chi connectivity index (χ1) is 15.7. The van der Waals surface area contributed by atoms with Gasteiger partial charge in [0.1, 0.15) is 5.82 Å². The van der Waals surface area contributed by atoms with E-state index < -0.39 is 0 Å². The zero-order valence-corrected chi connectivity index (χ0v) is 19.2. The molecule has 1 aromatic heterocycles. The summed E-state index contributed by atoms with van der Waals surface area (Å²) in [6.07, 6.45) is 2.15. The van der Waals surface area contributed by atoms with E-state index in [9.17, 15) is 4.79 Å². The fourth-order valence-electron chi connectivity index (χ4n) is 4.36. The van der Waals surface area contributed by atoms with Gasteiger partial charge in [0.25, 0.3) is 0 Å². The molecule has 1 aliphatic heterocycles. The van der Waals surface area contributed by atoms with E-state index in [-0.39, 0.29) is 5.97 Å². The third-order valence-corrected chi connectivity index (χ3v) is 6.24. The average Bonchev–Trinajstić information content (AvgIpc) is 2.84. The monoisotopic (exact) mass is 431 g/mol. The van der Waals surface area contributed by atoms with Gasteiger partial charge in [-0.25, -0.2) is 4.98 Å². The fraction of sp³-hybridized carbons (Fsp3) is 0.407. The molecule has 1 saturated heterocycles. The molecule has 3 aromatic rings. The Balaban J connectivity index is 1.53. The highest BCUT2D eigenvalue weighted by atomic mass is 16.5. The van der Waals surface area contributed by atoms with Crippen molar-refractivity contribution in [3.8, 4) is 11.3 Å². The first kappa shape index (κ1) is 22.3. The fourth-order valence-corrected chi connectivity index (χ4v) is 4.36. The van der Waals surface area contributed by atoms with Crippen LogP contribution >= 0.6 is 0 Å². The number of esters is 1. The van der Waals surface area contributed by atoms with E-state index in [0.717, 1.165) is 62.6 Å². The highest BCUT2D eigenvalue weighted by Crippen LogP contribution is 2.31. The molecule has 5 heteroatoms. The van der Waals surface area contributed by atoms with Gasteiger partial charge in [-0.3, -0.25) is 4.79 Å². The van der Waals surface area contributed by atoms with Crippen molar-refractivity contribution in [3.63, 3.8) is 0 Å². The molecule has 2 aromatic carbocycles. The quantitative estimate of drug-likeness (QED) is 0.473. The Hall–Kier alpha value is -2.92. The minimum absolute atomic E-state index is 0.114. The normalized spacial score (nSPS) is 14.6. The number of fused-ring (bicyclic) bond motifs is 1. The Kier molecular flexibility index (Phi) is 7.38. The number of carbonyl (C=O) groups is 1. The molecule has 2 heterocycles. The van der Waals surface area contributed by atoms with Gasteiger partial charge in [-0.2, -0.15) is 0 Å². The van der Waals surface area contributed by atoms with E-state index >= 15 is 0 Å². The number of likely N-dealkylation sites (N-methyl/N-ethyl adjacent to an activating group) is 1. The summed E-state index contributed by atoms with van der Waals surface area (Å²) in [5.41, 5.74) is 3.36. The lowest BCUT2D eigenvalue weighted by atomic mass is 10.0. The van der Waals surface area contributed by atoms with Gasteiger partial charge >= 0.3 is 5.97 Å². The number of aryl methyl sites for hydroxylation is 1. The van der Waals surface area contributed by atoms with Crippen molar-refractivity contribution in [1.29, 1.82) is 0 Å². The largest absolute Gasteiger partial charge is 0.466 e. The van der Waals surface area contributed by atoms with Crippen molar-refractivity contribution in [2.24, 2.45) is 0 Å². The molecule has 0 spiro atoms. The molecule has 0 N–H and O–H groups in total. The van der Waals surface area contributed by atoms with Crippen LogP contribution in [0.25, 0.3) is 22.0 Å². The summed E-state index contributed by atoms with van der Waals surface area (Å²) in [7, 11) is 0. The van der Waals surface area contributed by atoms with Crippen LogP contribution in [-0.4, -0.2) is 55.2 Å². The van der Waals surface area contributed by atoms with E-state index in [1.54, 1.807) is 0 Å². The Labute approximate surface area is 191 Å². The average molecular weight is 432 g/mol. The van der Waals surface area contributed by atoms with Crippen LogP contribution in [-0.2, 0) is 16.0 Å². The van der Waals surface area contributed by atoms with Crippen molar-refractivity contribution >= 4 is 22.6 Å². The van der Waals surface area contributed by atoms with E-state index in [0.29, 0.717) is 13.0 Å². The predicted octanol–water partition coefficient (Wildman–Crippen LogP) is 4.93. The first-order valence-corrected chi connectivity index (χ1v) is 11.8. The second kappa shape index (κ2) is 10.6. The number of hydrogen-bond donors (Lipinski definition) is 0. The van der Waals surface area contributed by atoms with Crippen LogP contribution in [0.4, 0.5) is 5.82 Å². The van der Waals surface area contributed by atoms with Crippen LogP contribution in [0.2, 0.25) is 0 Å². The molecule has 0 atom stereocenters. The highest BCUT2D eigenvalue weighted by molar-refractivity contribution is 5.95. The minimum Gasteiger partial charge on any atom is -0.466 e. The first-order valence-electron chi connectivity index (χ1n) is 11.8. The van der Waals surface area contributed by atoms with Gasteiger partial charge in [-0.15, -0.1) is 0 Å². The summed E-state index contributed by atoms with van der Waals surface area (Å²) in [5, 5.41) is 2.45. The summed E-state index contributed by atoms with van der Waals surface area (Å²) >= 11 is 0. The maximum atomic E-state index is 11.5. The number of ether oxygens (including phenoxy) is 1. The number of aromatic nitrogens is 1. The lowest BCUT2D eigenvalue weighted by Gasteiger charge is -2.35. The van der Waals surface area contributed by atoms with Crippen molar-refractivity contribution < 1.29 is 9.53 Å². The second-order valence-corrected chi connectivity index (χ2v) is 8.33. The van der Waals surface area contributed by atoms with Crippen molar-refractivity contribution in [1.82, 2.24) is 9.88 Å². The van der Waals surface area contributed by atoms with Gasteiger partial charge in [0, 0.05) is 43.5 Å². The van der Waals surface area contributed by atoms with Crippen LogP contribution in [0.5, 0.6) is 0 Å². The van der Waals surface area contributed by atoms with Gasteiger partial charge in [0.05, 0.1) is 12.3 Å². The smallest absolute Gasteiger partial charge is 0.305 e. The van der Waals surface area contributed by atoms with Crippen LogP contribution in [0.15, 0.2) is 54.6 Å². The van der Waals surface area contributed by atoms with Crippen LogP contribution in [0.3, 0.4) is 0 Å². The number of rotatable bonds is 8. The van der Waals surface area contributed by atoms with Gasteiger partial charge in [-0.05, 0) is 43.3 Å². The number of nitrogens with zero attached hydrogens (tertiary/aromatic N) is 3. The van der Waals surface area contributed by atoms with Crippen LogP contribution < -0.4 is 4.90 Å². The minimum atomic E-state index is -0.114. The van der Waals surface area contributed by atoms with E-state index in [1.165, 1.54) is 16.3 Å². The lowest BCUT2D eigenvalue weighted by molar-refractivity contribution is -0.143. The van der Waals surface area contributed by atoms with E-state index in [2.05, 4.69) is 71.3 Å². The summed E-state index contributed by atoms with van der Waals surface area (Å²) in [6.45, 7) is 9.80. The Morgan fingerprint density at radius 1 is 1.00 bits per heavy atom. The summed E-state index contributed by atoms with van der Waals surface area (Å²) in [5.74, 6) is 0.976. The Bertz CT molecular complexity index is 1040. The molecule has 0 aliphatic carbocycles. The predicted molar refractivity (Wildman–Crippen MR) is 131 cm³/mol. The summed E-state index contributed by atoms with van der Waals surface area (Å²) < 4.78 is 5.01. The van der Waals surface area contributed by atoms with Gasteiger partial charge in [-0.1, -0.05) is 55.5 Å². The zero-order chi connectivity index (χ0) is 22.3. The Morgan fingerprint density at radius 3 is 2.47 bits per heavy atom. The summed E-state index contributed by atoms with van der Waals surface area (Å²) in [6, 6.07) is 19.3. The highest BCUT2D eigenvalue weighted by Gasteiger charge is 2.19. The van der Waals surface area contributed by atoms with E-state index in [4.69, 9.17) is 9.72 Å². The molecule has 32 heavy (non-hydrogen) atoms. The number of piperazine rings is 1. The molecular formula is C27H33N3O2. The van der Waals surface area contributed by atoms with Crippen molar-refractivity contribution in [3.05, 3.63) is 60.2 Å². The zero-order valence-electron chi connectivity index (χ0n) is 19.2. The molecule has 168 valence electrons. The molecule has 0 saturated carbocycles. The number of hydrogen-bond acceptors (Lipinski definition) is 5. The third kappa shape index (κ3) is 5.28. The molecule has 0 bridgehead atoms. The molecule has 1 aliphatic rings. The standard InChI is InChI=1S/C27H33N3O2/c1-3-29-16-18-30(19-17-29)27-24-10-6-5-9-23(24)20-25(28-27)22-14-12-21(13-15-22)8-7-11-26(31)32-4-2/h5-6,9-10,12-15,20H,3-4,7-8,11,16-19H2,1-2H3. The van der Waals surface area contributed by atoms with Crippen LogP contribution in [0.1, 0.15) is 32.3 Å². The maximum Gasteiger partial charge on any atom is 0.305 e. The molecule has 0 unspecified atom stereocenters. The number of pyridine rings is 1. The van der Waals surface area contributed by atoms with Gasteiger partial charge < -0.3 is 14.5 Å². The second-order valence-electron chi connectivity index (χ2n) is 8.33. The number of benzene rings is 2. The van der Waals surface area contributed by atoms with Gasteiger partial charge in [0.2, 0.25) is 0 Å². The molecule has 0 radical (unpaired) electrons. The number of carbonyl (C=O) groups excluding carboxylic acids is 1. The SMILES string of the molecule is CCOC(=O)CCCc1ccc(-c2cc3ccccc3c(N3CCN(CC)CC3)n2)cc1. The molecule has 4 rings (SSSR count). The topological polar surface area (TPSA) is 45.7 Å². The van der Waals surface area contributed by atoms with Crippen molar-refractivity contribution in [2.45, 2.75) is 33.1 Å². The van der Waals surface area contributed by atoms with Crippen molar-refractivity contribution in [2.75, 3.05) is 44.2 Å². The van der Waals surface area contributed by atoms with Crippen LogP contribution in [0, 0.1) is 0 Å². The molecule has 0 amide bonds. The molecule has 1 fully saturated rings. The maximum absolute atomic E-state index is 11.5. The number of anilines is 1.